The molecule has 0 saturated carbocycles. The maximum absolute atomic E-state index is 2.51. The lowest BCUT2D eigenvalue weighted by atomic mass is 9.76. The Morgan fingerprint density at radius 3 is 3.00 bits per heavy atom. The summed E-state index contributed by atoms with van der Waals surface area (Å²) >= 11 is 0. The second-order valence-corrected chi connectivity index (χ2v) is 4.45. The van der Waals surface area contributed by atoms with Crippen molar-refractivity contribution in [1.29, 1.82) is 0 Å². The van der Waals surface area contributed by atoms with Crippen molar-refractivity contribution in [3.05, 3.63) is 23.3 Å². The highest BCUT2D eigenvalue weighted by atomic mass is 14.3. The molecule has 2 unspecified atom stereocenters. The third-order valence-electron chi connectivity index (χ3n) is 3.25. The first-order valence-corrected chi connectivity index (χ1v) is 5.12. The first kappa shape index (κ1) is 8.10. The lowest BCUT2D eigenvalue weighted by molar-refractivity contribution is 0.435. The van der Waals surface area contributed by atoms with E-state index < -0.39 is 0 Å². The topological polar surface area (TPSA) is 0 Å². The fraction of sp³-hybridized carbons (Fsp3) is 0.667. The Hall–Kier alpha value is -0.520. The van der Waals surface area contributed by atoms with Crippen molar-refractivity contribution in [3.63, 3.8) is 0 Å². The molecule has 0 aromatic rings. The van der Waals surface area contributed by atoms with Crippen LogP contribution in [0, 0.1) is 11.8 Å². The summed E-state index contributed by atoms with van der Waals surface area (Å²) in [5.41, 5.74) is 3.33. The van der Waals surface area contributed by atoms with Gasteiger partial charge in [0.1, 0.15) is 0 Å². The average Bonchev–Trinajstić information content (AvgIpc) is 2.05. The highest BCUT2D eigenvalue weighted by molar-refractivity contribution is 5.23. The van der Waals surface area contributed by atoms with Crippen LogP contribution in [0.1, 0.15) is 39.5 Å². The Kier molecular flexibility index (Phi) is 2.08. The number of hydrogen-bond donors (Lipinski definition) is 0. The molecule has 0 aliphatic heterocycles. The minimum Gasteiger partial charge on any atom is -0.0819 e. The SMILES string of the molecule is CC1=CCC2=CC(C)CCC2C1. The Morgan fingerprint density at radius 1 is 1.33 bits per heavy atom. The van der Waals surface area contributed by atoms with Gasteiger partial charge in [0.15, 0.2) is 0 Å². The third-order valence-corrected chi connectivity index (χ3v) is 3.25. The van der Waals surface area contributed by atoms with Gasteiger partial charge in [0.25, 0.3) is 0 Å². The van der Waals surface area contributed by atoms with E-state index >= 15 is 0 Å². The molecule has 0 heterocycles. The van der Waals surface area contributed by atoms with Gasteiger partial charge in [-0.25, -0.2) is 0 Å². The van der Waals surface area contributed by atoms with E-state index in [2.05, 4.69) is 26.0 Å². The summed E-state index contributed by atoms with van der Waals surface area (Å²) < 4.78 is 0. The summed E-state index contributed by atoms with van der Waals surface area (Å²) in [6.45, 7) is 4.61. The van der Waals surface area contributed by atoms with Crippen LogP contribution in [0.2, 0.25) is 0 Å². The molecule has 66 valence electrons. The van der Waals surface area contributed by atoms with E-state index in [9.17, 15) is 0 Å². The van der Waals surface area contributed by atoms with E-state index in [4.69, 9.17) is 0 Å². The molecule has 0 aromatic carbocycles. The predicted octanol–water partition coefficient (Wildman–Crippen LogP) is 3.70. The normalized spacial score (nSPS) is 35.2. The number of allylic oxidation sites excluding steroid dienone is 4. The fourth-order valence-electron chi connectivity index (χ4n) is 2.47. The third kappa shape index (κ3) is 1.48. The summed E-state index contributed by atoms with van der Waals surface area (Å²) in [5.74, 6) is 1.74. The van der Waals surface area contributed by atoms with E-state index in [0.29, 0.717) is 0 Å². The van der Waals surface area contributed by atoms with Gasteiger partial charge in [0.2, 0.25) is 0 Å². The molecule has 2 aliphatic carbocycles. The largest absolute Gasteiger partial charge is 0.0819 e. The van der Waals surface area contributed by atoms with E-state index in [1.807, 2.05) is 0 Å². The van der Waals surface area contributed by atoms with Gasteiger partial charge in [-0.05, 0) is 44.4 Å². The monoisotopic (exact) mass is 162 g/mol. The van der Waals surface area contributed by atoms with Crippen molar-refractivity contribution in [1.82, 2.24) is 0 Å². The van der Waals surface area contributed by atoms with Gasteiger partial charge < -0.3 is 0 Å². The summed E-state index contributed by atoms with van der Waals surface area (Å²) in [7, 11) is 0. The van der Waals surface area contributed by atoms with Crippen molar-refractivity contribution in [2.24, 2.45) is 11.8 Å². The van der Waals surface area contributed by atoms with Gasteiger partial charge in [-0.3, -0.25) is 0 Å². The molecule has 0 nitrogen and oxygen atoms in total. The molecular weight excluding hydrogens is 144 g/mol. The zero-order valence-corrected chi connectivity index (χ0v) is 8.14. The highest BCUT2D eigenvalue weighted by Crippen LogP contribution is 2.37. The number of fused-ring (bicyclic) bond motifs is 1. The second kappa shape index (κ2) is 3.08. The molecule has 0 heteroatoms. The van der Waals surface area contributed by atoms with Crippen LogP contribution in [0.15, 0.2) is 23.3 Å². The molecule has 2 rings (SSSR count). The predicted molar refractivity (Wildman–Crippen MR) is 53.0 cm³/mol. The summed E-state index contributed by atoms with van der Waals surface area (Å²) in [6.07, 6.45) is 10.3. The second-order valence-electron chi connectivity index (χ2n) is 4.45. The van der Waals surface area contributed by atoms with E-state index in [1.165, 1.54) is 25.7 Å². The minimum absolute atomic E-state index is 0.836. The summed E-state index contributed by atoms with van der Waals surface area (Å²) in [4.78, 5) is 0. The van der Waals surface area contributed by atoms with Crippen molar-refractivity contribution in [2.75, 3.05) is 0 Å². The van der Waals surface area contributed by atoms with Gasteiger partial charge in [-0.15, -0.1) is 0 Å². The van der Waals surface area contributed by atoms with Crippen LogP contribution in [-0.4, -0.2) is 0 Å². The number of rotatable bonds is 0. The smallest absolute Gasteiger partial charge is 0.0133 e. The Labute approximate surface area is 75.4 Å². The molecule has 0 aromatic heterocycles. The summed E-state index contributed by atoms with van der Waals surface area (Å²) in [6, 6.07) is 0. The molecule has 2 atom stereocenters. The zero-order valence-electron chi connectivity index (χ0n) is 8.14. The van der Waals surface area contributed by atoms with E-state index in [0.717, 1.165) is 11.8 Å². The van der Waals surface area contributed by atoms with Crippen LogP contribution in [0.4, 0.5) is 0 Å². The van der Waals surface area contributed by atoms with Crippen molar-refractivity contribution in [2.45, 2.75) is 39.5 Å². The van der Waals surface area contributed by atoms with Crippen molar-refractivity contribution in [3.8, 4) is 0 Å². The van der Waals surface area contributed by atoms with Crippen LogP contribution < -0.4 is 0 Å². The van der Waals surface area contributed by atoms with Crippen LogP contribution >= 0.6 is 0 Å². The first-order chi connectivity index (χ1) is 5.75. The van der Waals surface area contributed by atoms with E-state index in [-0.39, 0.29) is 0 Å². The maximum atomic E-state index is 2.51. The quantitative estimate of drug-likeness (QED) is 0.476. The van der Waals surface area contributed by atoms with Crippen LogP contribution in [-0.2, 0) is 0 Å². The van der Waals surface area contributed by atoms with E-state index in [1.54, 1.807) is 11.1 Å². The van der Waals surface area contributed by atoms with Gasteiger partial charge >= 0.3 is 0 Å². The molecule has 12 heavy (non-hydrogen) atoms. The summed E-state index contributed by atoms with van der Waals surface area (Å²) in [5, 5.41) is 0. The van der Waals surface area contributed by atoms with Gasteiger partial charge in [0.05, 0.1) is 0 Å². The molecule has 0 bridgehead atoms. The van der Waals surface area contributed by atoms with Crippen molar-refractivity contribution >= 4 is 0 Å². The van der Waals surface area contributed by atoms with Crippen LogP contribution in [0.5, 0.6) is 0 Å². The van der Waals surface area contributed by atoms with Gasteiger partial charge in [0, 0.05) is 0 Å². The Bertz CT molecular complexity index is 232. The van der Waals surface area contributed by atoms with Crippen LogP contribution in [0.3, 0.4) is 0 Å². The average molecular weight is 162 g/mol. The molecule has 0 amide bonds. The maximum Gasteiger partial charge on any atom is -0.0133 e. The standard InChI is InChI=1S/C12H18/c1-9-3-5-12-8-10(2)4-6-11(12)7-9/h3,8,10-11H,4-7H2,1-2H3. The molecule has 2 aliphatic rings. The van der Waals surface area contributed by atoms with Crippen molar-refractivity contribution < 1.29 is 0 Å². The van der Waals surface area contributed by atoms with Gasteiger partial charge in [-0.1, -0.05) is 30.2 Å². The zero-order chi connectivity index (χ0) is 8.55. The highest BCUT2D eigenvalue weighted by Gasteiger charge is 2.22. The fourth-order valence-corrected chi connectivity index (χ4v) is 2.47. The molecule has 0 saturated heterocycles. The number of hydrogen-bond acceptors (Lipinski definition) is 0. The molecule has 0 fully saturated rings. The molecule has 0 N–H and O–H groups in total. The Balaban J connectivity index is 2.18. The molecular formula is C12H18. The molecule has 0 spiro atoms. The first-order valence-electron chi connectivity index (χ1n) is 5.12. The lowest BCUT2D eigenvalue weighted by Gasteiger charge is -2.30. The Morgan fingerprint density at radius 2 is 2.17 bits per heavy atom. The van der Waals surface area contributed by atoms with Crippen LogP contribution in [0.25, 0.3) is 0 Å². The minimum atomic E-state index is 0.836. The lowest BCUT2D eigenvalue weighted by Crippen LogP contribution is -2.15. The van der Waals surface area contributed by atoms with Gasteiger partial charge in [-0.2, -0.15) is 0 Å². The molecule has 0 radical (unpaired) electrons.